The maximum absolute atomic E-state index is 8.67. The van der Waals surface area contributed by atoms with Crippen LogP contribution in [0.4, 0.5) is 0 Å². The minimum absolute atomic E-state index is 0.276. The first kappa shape index (κ1) is 14.8. The molecule has 16 heavy (non-hydrogen) atoms. The van der Waals surface area contributed by atoms with Gasteiger partial charge in [-0.25, -0.2) is 0 Å². The number of benzene rings is 1. The van der Waals surface area contributed by atoms with Crippen LogP contribution in [0.5, 0.6) is 0 Å². The fraction of sp³-hybridized carbons (Fsp3) is 0.500. The molecule has 1 rings (SSSR count). The molecule has 0 radical (unpaired) electrons. The number of rotatable bonds is 0. The molecule has 0 bridgehead atoms. The highest BCUT2D eigenvalue weighted by Crippen LogP contribution is 2.23. The summed E-state index contributed by atoms with van der Waals surface area (Å²) in [6, 6.07) is 6.72. The average molecular weight is 241 g/mol. The first-order chi connectivity index (χ1) is 7.14. The first-order valence-corrected chi connectivity index (χ1v) is 6.10. The summed E-state index contributed by atoms with van der Waals surface area (Å²) in [5.41, 5.74) is 4.47. The van der Waals surface area contributed by atoms with Crippen LogP contribution in [-0.4, -0.2) is 8.42 Å². The first-order valence-electron chi connectivity index (χ1n) is 5.03. The molecule has 1 aromatic rings. The van der Waals surface area contributed by atoms with Crippen LogP contribution in [0.3, 0.4) is 0 Å². The van der Waals surface area contributed by atoms with Gasteiger partial charge in [0, 0.05) is 0 Å². The van der Waals surface area contributed by atoms with Crippen molar-refractivity contribution in [3.63, 3.8) is 0 Å². The van der Waals surface area contributed by atoms with E-state index >= 15 is 0 Å². The third-order valence-electron chi connectivity index (χ3n) is 2.37. The molecule has 0 amide bonds. The Morgan fingerprint density at radius 2 is 1.50 bits per heavy atom. The van der Waals surface area contributed by atoms with E-state index in [1.54, 1.807) is 0 Å². The van der Waals surface area contributed by atoms with Gasteiger partial charge in [0.15, 0.2) is 0 Å². The van der Waals surface area contributed by atoms with Gasteiger partial charge in [-0.15, -0.1) is 0 Å². The second-order valence-corrected chi connectivity index (χ2v) is 5.25. The van der Waals surface area contributed by atoms with Crippen molar-refractivity contribution in [1.82, 2.24) is 0 Å². The highest BCUT2D eigenvalue weighted by atomic mass is 32.2. The zero-order chi connectivity index (χ0) is 12.9. The van der Waals surface area contributed by atoms with E-state index in [2.05, 4.69) is 52.8 Å². The lowest BCUT2D eigenvalue weighted by atomic mass is 9.85. The Kier molecular flexibility index (Phi) is 5.38. The maximum atomic E-state index is 8.67. The van der Waals surface area contributed by atoms with Gasteiger partial charge in [-0.3, -0.25) is 0 Å². The predicted molar refractivity (Wildman–Crippen MR) is 66.3 cm³/mol. The smallest absolute Gasteiger partial charge is 0.188 e. The maximum Gasteiger partial charge on any atom is 0.308 e. The lowest BCUT2D eigenvalue weighted by Crippen LogP contribution is -2.11. The Labute approximate surface area is 99.0 Å². The summed E-state index contributed by atoms with van der Waals surface area (Å²) >= 11 is 0. The van der Waals surface area contributed by atoms with Gasteiger partial charge in [0.25, 0.3) is 0 Å². The number of hydrogen-bond donors (Lipinski definition) is 1. The van der Waals surface area contributed by atoms with E-state index in [9.17, 15) is 0 Å². The quantitative estimate of drug-likeness (QED) is 0.758. The standard InChI is InChI=1S/C12H18.HNO2S/c1-9-6-7-11(8-10(9)2)12(3,4)5;1-4(2)3/h6-8H,1-5H3;1H. The summed E-state index contributed by atoms with van der Waals surface area (Å²) < 4.78 is 22.8. The molecule has 0 aliphatic carbocycles. The Morgan fingerprint density at radius 1 is 1.06 bits per heavy atom. The minimum atomic E-state index is -2.61. The third-order valence-corrected chi connectivity index (χ3v) is 2.37. The zero-order valence-electron chi connectivity index (χ0n) is 10.5. The van der Waals surface area contributed by atoms with Crippen molar-refractivity contribution in [2.45, 2.75) is 40.0 Å². The fourth-order valence-electron chi connectivity index (χ4n) is 1.21. The van der Waals surface area contributed by atoms with E-state index < -0.39 is 10.5 Å². The van der Waals surface area contributed by atoms with Crippen molar-refractivity contribution in [2.75, 3.05) is 0 Å². The summed E-state index contributed by atoms with van der Waals surface area (Å²) in [5.74, 6) is 0. The highest BCUT2D eigenvalue weighted by molar-refractivity contribution is 7.60. The summed E-state index contributed by atoms with van der Waals surface area (Å²) in [5, 5.41) is 0. The second-order valence-electron chi connectivity index (χ2n) is 4.78. The summed E-state index contributed by atoms with van der Waals surface area (Å²) in [6.07, 6.45) is 0. The van der Waals surface area contributed by atoms with Crippen LogP contribution in [0.25, 0.3) is 0 Å². The van der Waals surface area contributed by atoms with Crippen molar-refractivity contribution < 1.29 is 8.42 Å². The molecule has 0 unspecified atom stereocenters. The molecule has 90 valence electrons. The average Bonchev–Trinajstić information content (AvgIpc) is 2.06. The van der Waals surface area contributed by atoms with Gasteiger partial charge in [-0.2, -0.15) is 13.2 Å². The van der Waals surface area contributed by atoms with Crippen molar-refractivity contribution in [1.29, 1.82) is 4.78 Å². The molecule has 4 heteroatoms. The SMILES string of the molecule is Cc1ccc(C(C)(C)C)cc1C.N=S(=O)=O. The molecule has 0 saturated carbocycles. The van der Waals surface area contributed by atoms with Crippen LogP contribution in [0, 0.1) is 18.6 Å². The Balaban J connectivity index is 0.000000487. The molecule has 0 atom stereocenters. The highest BCUT2D eigenvalue weighted by Gasteiger charge is 2.13. The molecule has 0 heterocycles. The van der Waals surface area contributed by atoms with E-state index in [4.69, 9.17) is 13.2 Å². The van der Waals surface area contributed by atoms with Gasteiger partial charge in [0.05, 0.1) is 0 Å². The van der Waals surface area contributed by atoms with E-state index in [1.165, 1.54) is 16.7 Å². The van der Waals surface area contributed by atoms with E-state index in [1.807, 2.05) is 0 Å². The van der Waals surface area contributed by atoms with Gasteiger partial charge in [-0.05, 0) is 36.0 Å². The molecule has 1 aromatic carbocycles. The summed E-state index contributed by atoms with van der Waals surface area (Å²) in [6.45, 7) is 11.1. The molecular weight excluding hydrogens is 222 g/mol. The van der Waals surface area contributed by atoms with Crippen molar-refractivity contribution in [3.8, 4) is 0 Å². The monoisotopic (exact) mass is 241 g/mol. The van der Waals surface area contributed by atoms with Crippen molar-refractivity contribution in [2.24, 2.45) is 0 Å². The summed E-state index contributed by atoms with van der Waals surface area (Å²) in [4.78, 5) is 0. The molecule has 0 aromatic heterocycles. The van der Waals surface area contributed by atoms with E-state index in [0.717, 1.165) is 0 Å². The molecule has 0 aliphatic rings. The van der Waals surface area contributed by atoms with Crippen LogP contribution < -0.4 is 0 Å². The normalized spacial score (nSPS) is 10.3. The molecule has 1 N–H and O–H groups in total. The summed E-state index contributed by atoms with van der Waals surface area (Å²) in [7, 11) is -2.61. The van der Waals surface area contributed by atoms with Crippen LogP contribution in [0.1, 0.15) is 37.5 Å². The van der Waals surface area contributed by atoms with E-state index in [0.29, 0.717) is 0 Å². The van der Waals surface area contributed by atoms with Crippen LogP contribution in [0.2, 0.25) is 0 Å². The molecule has 0 fully saturated rings. The third kappa shape index (κ3) is 5.66. The van der Waals surface area contributed by atoms with Gasteiger partial charge in [0.2, 0.25) is 0 Å². The lowest BCUT2D eigenvalue weighted by molar-refractivity contribution is 0.589. The van der Waals surface area contributed by atoms with Gasteiger partial charge in [0.1, 0.15) is 0 Å². The molecule has 0 aliphatic heterocycles. The van der Waals surface area contributed by atoms with Crippen LogP contribution in [-0.2, 0) is 15.9 Å². The second kappa shape index (κ2) is 5.80. The predicted octanol–water partition coefficient (Wildman–Crippen LogP) is 3.23. The minimum Gasteiger partial charge on any atom is -0.188 e. The zero-order valence-corrected chi connectivity index (χ0v) is 11.3. The Hall–Kier alpha value is -1.16. The number of hydrogen-bond acceptors (Lipinski definition) is 3. The number of aryl methyl sites for hydroxylation is 2. The van der Waals surface area contributed by atoms with Crippen LogP contribution in [0.15, 0.2) is 18.2 Å². The van der Waals surface area contributed by atoms with Gasteiger partial charge >= 0.3 is 10.5 Å². The molecule has 0 spiro atoms. The number of nitrogens with one attached hydrogen (secondary N) is 1. The van der Waals surface area contributed by atoms with E-state index in [-0.39, 0.29) is 5.41 Å². The van der Waals surface area contributed by atoms with Gasteiger partial charge in [-0.1, -0.05) is 39.0 Å². The van der Waals surface area contributed by atoms with Gasteiger partial charge < -0.3 is 0 Å². The van der Waals surface area contributed by atoms with Crippen molar-refractivity contribution >= 4 is 10.5 Å². The molecular formula is C12H19NO2S. The van der Waals surface area contributed by atoms with Crippen molar-refractivity contribution in [3.05, 3.63) is 34.9 Å². The topological polar surface area (TPSA) is 58.0 Å². The van der Waals surface area contributed by atoms with Crippen LogP contribution >= 0.6 is 0 Å². The molecule has 0 saturated heterocycles. The fourth-order valence-corrected chi connectivity index (χ4v) is 1.21. The molecule has 3 nitrogen and oxygen atoms in total. The lowest BCUT2D eigenvalue weighted by Gasteiger charge is -2.19. The largest absolute Gasteiger partial charge is 0.308 e. The Bertz CT molecular complexity index is 449. The Morgan fingerprint density at radius 3 is 1.81 bits per heavy atom.